The van der Waals surface area contributed by atoms with E-state index >= 15 is 0 Å². The number of nitrogens with two attached hydrogens (primary N) is 1. The van der Waals surface area contributed by atoms with Crippen LogP contribution in [0.2, 0.25) is 0 Å². The second-order valence-electron chi connectivity index (χ2n) is 2.79. The van der Waals surface area contributed by atoms with Crippen LogP contribution in [0.1, 0.15) is 47.9 Å². The molecule has 1 aliphatic carbocycles. The molecule has 2 heteroatoms. The van der Waals surface area contributed by atoms with E-state index in [1.54, 1.807) is 0 Å². The van der Waals surface area contributed by atoms with Gasteiger partial charge in [0, 0.05) is 7.97 Å². The van der Waals surface area contributed by atoms with E-state index in [4.69, 9.17) is 4.79 Å². The molecule has 0 heterocycles. The topological polar surface area (TPSA) is 43.1 Å². The van der Waals surface area contributed by atoms with Crippen molar-refractivity contribution in [1.82, 2.24) is 0 Å². The predicted octanol–water partition coefficient (Wildman–Crippen LogP) is 2.61. The van der Waals surface area contributed by atoms with Crippen LogP contribution in [0.15, 0.2) is 0 Å². The van der Waals surface area contributed by atoms with Crippen LogP contribution < -0.4 is 5.73 Å². The lowest BCUT2D eigenvalue weighted by atomic mass is 10.2. The van der Waals surface area contributed by atoms with Gasteiger partial charge >= 0.3 is 0 Å². The van der Waals surface area contributed by atoms with Crippen LogP contribution in [0.25, 0.3) is 0 Å². The van der Waals surface area contributed by atoms with Crippen LogP contribution >= 0.6 is 0 Å². The minimum atomic E-state index is 0. The van der Waals surface area contributed by atoms with E-state index in [-0.39, 0.29) is 7.97 Å². The lowest BCUT2D eigenvalue weighted by Crippen LogP contribution is -1.97. The van der Waals surface area contributed by atoms with Gasteiger partial charge in [0.15, 0.2) is 0 Å². The molecule has 0 amide bonds. The predicted molar refractivity (Wildman–Crippen MR) is 56.2 cm³/mol. The minimum Gasteiger partial charge on any atom is -0.324 e. The van der Waals surface area contributed by atoms with E-state index in [2.05, 4.69) is 12.7 Å². The maximum Gasteiger partial charge on any atom is 0.133 e. The molecule has 1 aliphatic rings. The molecule has 0 aromatic heterocycles. The molecule has 1 saturated carbocycles. The van der Waals surface area contributed by atoms with Crippen molar-refractivity contribution in [2.75, 3.05) is 6.54 Å². The monoisotopic (exact) mass is 175 g/mol. The highest BCUT2D eigenvalue weighted by Crippen LogP contribution is 2.22. The highest BCUT2D eigenvalue weighted by Gasteiger charge is 2.07. The Morgan fingerprint density at radius 3 is 1.83 bits per heavy atom. The average Bonchev–Trinajstić information content (AvgIpc) is 2.60. The third-order valence-corrected chi connectivity index (χ3v) is 1.74. The van der Waals surface area contributed by atoms with Crippen molar-refractivity contribution in [3.63, 3.8) is 0 Å². The maximum atomic E-state index is 9.05. The van der Waals surface area contributed by atoms with Gasteiger partial charge < -0.3 is 10.5 Å². The van der Waals surface area contributed by atoms with Gasteiger partial charge in [-0.2, -0.15) is 0 Å². The van der Waals surface area contributed by atoms with Gasteiger partial charge in [-0.05, 0) is 5.92 Å². The van der Waals surface area contributed by atoms with E-state index in [9.17, 15) is 0 Å². The summed E-state index contributed by atoms with van der Waals surface area (Å²) < 4.78 is 0. The molecule has 2 N–H and O–H groups in total. The summed E-state index contributed by atoms with van der Waals surface area (Å²) in [4.78, 5) is 9.05. The van der Waals surface area contributed by atoms with Crippen LogP contribution in [0.3, 0.4) is 0 Å². The van der Waals surface area contributed by atoms with E-state index in [0.29, 0.717) is 6.29 Å². The molecule has 12 heavy (non-hydrogen) atoms. The van der Waals surface area contributed by atoms with Crippen LogP contribution in [0.4, 0.5) is 0 Å². The third kappa shape index (κ3) is 12.3. The Kier molecular flexibility index (Phi) is 15.6. The Hall–Kier alpha value is -0.370. The standard InChI is InChI=1S/C6H12.C2H5NO.C2H6.H2/c1-6-4-2-3-5-6;3-1-2-4;1-2;/h6H,2-5H2,1H3;2H,1,3H2;1-2H3;1H. The molecule has 0 bridgehead atoms. The first kappa shape index (κ1) is 14.2. The first-order chi connectivity index (χ1) is 5.81. The summed E-state index contributed by atoms with van der Waals surface area (Å²) in [6.45, 7) is 6.48. The SMILES string of the molecule is CC.CC1CCCC1.NCC=O.[HH]. The number of hydrogen-bond donors (Lipinski definition) is 1. The quantitative estimate of drug-likeness (QED) is 0.622. The van der Waals surface area contributed by atoms with Gasteiger partial charge in [0.25, 0.3) is 0 Å². The Labute approximate surface area is 78.0 Å². The zero-order chi connectivity index (χ0) is 9.82. The normalized spacial score (nSPS) is 15.3. The Morgan fingerprint density at radius 2 is 1.75 bits per heavy atom. The van der Waals surface area contributed by atoms with Gasteiger partial charge in [0.05, 0.1) is 0 Å². The van der Waals surface area contributed by atoms with Crippen molar-refractivity contribution in [1.29, 1.82) is 0 Å². The zero-order valence-electron chi connectivity index (χ0n) is 8.68. The highest BCUT2D eigenvalue weighted by atomic mass is 16.1. The summed E-state index contributed by atoms with van der Waals surface area (Å²) >= 11 is 0. The number of rotatable bonds is 1. The first-order valence-corrected chi connectivity index (χ1v) is 4.95. The molecule has 0 aliphatic heterocycles. The fourth-order valence-corrected chi connectivity index (χ4v) is 1.13. The summed E-state index contributed by atoms with van der Waals surface area (Å²) in [6, 6.07) is 0. The lowest BCUT2D eigenvalue weighted by molar-refractivity contribution is -0.106. The van der Waals surface area contributed by atoms with Crippen LogP contribution in [0.5, 0.6) is 0 Å². The number of hydrogen-bond acceptors (Lipinski definition) is 2. The van der Waals surface area contributed by atoms with Gasteiger partial charge in [-0.15, -0.1) is 0 Å². The van der Waals surface area contributed by atoms with E-state index in [0.717, 1.165) is 5.92 Å². The first-order valence-electron chi connectivity index (χ1n) is 4.95. The molecule has 2 nitrogen and oxygen atoms in total. The second-order valence-corrected chi connectivity index (χ2v) is 2.79. The summed E-state index contributed by atoms with van der Waals surface area (Å²) in [5, 5.41) is 0. The summed E-state index contributed by atoms with van der Waals surface area (Å²) in [6.07, 6.45) is 6.60. The molecule has 0 unspecified atom stereocenters. The molecule has 0 aromatic carbocycles. The summed E-state index contributed by atoms with van der Waals surface area (Å²) in [5.41, 5.74) is 4.66. The molecule has 76 valence electrons. The van der Waals surface area contributed by atoms with Gasteiger partial charge in [0.1, 0.15) is 6.29 Å². The van der Waals surface area contributed by atoms with Crippen molar-refractivity contribution in [3.8, 4) is 0 Å². The van der Waals surface area contributed by atoms with Gasteiger partial charge in [-0.3, -0.25) is 0 Å². The number of aldehydes is 1. The lowest BCUT2D eigenvalue weighted by Gasteiger charge is -1.91. The molecular formula is C10H25NO. The third-order valence-electron chi connectivity index (χ3n) is 1.74. The van der Waals surface area contributed by atoms with Gasteiger partial charge in [-0.1, -0.05) is 46.5 Å². The largest absolute Gasteiger partial charge is 0.324 e. The Balaban J connectivity index is -0.000000128. The fourth-order valence-electron chi connectivity index (χ4n) is 1.13. The van der Waals surface area contributed by atoms with Gasteiger partial charge in [0.2, 0.25) is 0 Å². The van der Waals surface area contributed by atoms with Gasteiger partial charge in [-0.25, -0.2) is 0 Å². The second kappa shape index (κ2) is 13.2. The smallest absolute Gasteiger partial charge is 0.133 e. The molecule has 0 saturated heterocycles. The van der Waals surface area contributed by atoms with Crippen molar-refractivity contribution < 1.29 is 6.22 Å². The zero-order valence-corrected chi connectivity index (χ0v) is 8.68. The van der Waals surface area contributed by atoms with Crippen LogP contribution in [0, 0.1) is 5.92 Å². The molecule has 1 fully saturated rings. The van der Waals surface area contributed by atoms with E-state index < -0.39 is 0 Å². The Morgan fingerprint density at radius 1 is 1.42 bits per heavy atom. The molecule has 0 spiro atoms. The van der Waals surface area contributed by atoms with Crippen molar-refractivity contribution in [3.05, 3.63) is 0 Å². The van der Waals surface area contributed by atoms with Crippen LogP contribution in [-0.2, 0) is 4.79 Å². The van der Waals surface area contributed by atoms with E-state index in [1.165, 1.54) is 25.7 Å². The fraction of sp³-hybridized carbons (Fsp3) is 0.900. The maximum absolute atomic E-state index is 9.05. The number of carbonyl (C=O) groups is 1. The average molecular weight is 175 g/mol. The van der Waals surface area contributed by atoms with Crippen molar-refractivity contribution >= 4 is 6.29 Å². The minimum absolute atomic E-state index is 0. The number of carbonyl (C=O) groups excluding carboxylic acids is 1. The highest BCUT2D eigenvalue weighted by molar-refractivity contribution is 5.51. The molecule has 0 atom stereocenters. The van der Waals surface area contributed by atoms with Crippen molar-refractivity contribution in [2.45, 2.75) is 46.5 Å². The molecule has 0 aromatic rings. The van der Waals surface area contributed by atoms with Crippen molar-refractivity contribution in [2.24, 2.45) is 11.7 Å². The summed E-state index contributed by atoms with van der Waals surface area (Å²) in [7, 11) is 0. The molecule has 1 rings (SSSR count). The van der Waals surface area contributed by atoms with Crippen LogP contribution in [-0.4, -0.2) is 12.8 Å². The summed E-state index contributed by atoms with van der Waals surface area (Å²) in [5.74, 6) is 1.05. The van der Waals surface area contributed by atoms with E-state index in [1.807, 2.05) is 13.8 Å². The Bertz CT molecular complexity index is 83.0. The molecular weight excluding hydrogens is 150 g/mol. The molecule has 0 radical (unpaired) electrons.